The molecule has 0 amide bonds. The highest BCUT2D eigenvalue weighted by Crippen LogP contribution is 2.32. The Balaban J connectivity index is 1.85. The van der Waals surface area contributed by atoms with Crippen molar-refractivity contribution in [2.24, 2.45) is 0 Å². The number of ketones is 1. The van der Waals surface area contributed by atoms with E-state index in [4.69, 9.17) is 25.5 Å². The molecule has 3 aromatic rings. The van der Waals surface area contributed by atoms with E-state index in [1.807, 2.05) is 0 Å². The molecule has 0 atom stereocenters. The smallest absolute Gasteiger partial charge is 0.340 e. The third kappa shape index (κ3) is 4.46. The molecule has 0 spiro atoms. The highest BCUT2D eigenvalue weighted by atomic mass is 35.5. The van der Waals surface area contributed by atoms with Crippen LogP contribution in [0.25, 0.3) is 11.0 Å². The predicted octanol–water partition coefficient (Wildman–Crippen LogP) is 3.74. The average Bonchev–Trinajstić information content (AvgIpc) is 2.75. The quantitative estimate of drug-likeness (QED) is 0.320. The van der Waals surface area contributed by atoms with Gasteiger partial charge in [0, 0.05) is 17.0 Å². The van der Waals surface area contributed by atoms with Gasteiger partial charge >= 0.3 is 11.6 Å². The van der Waals surface area contributed by atoms with E-state index in [2.05, 4.69) is 4.74 Å². The number of hydrogen-bond acceptors (Lipinski definition) is 7. The number of rotatable bonds is 7. The first-order valence-corrected chi connectivity index (χ1v) is 9.34. The third-order valence-corrected chi connectivity index (χ3v) is 4.95. The molecule has 1 heterocycles. The molecule has 3 rings (SSSR count). The molecule has 0 aliphatic heterocycles. The monoisotopic (exact) mass is 430 g/mol. The van der Waals surface area contributed by atoms with Crippen LogP contribution in [0.15, 0.2) is 45.6 Å². The van der Waals surface area contributed by atoms with Crippen LogP contribution in [0.3, 0.4) is 0 Å². The number of fused-ring (bicyclic) bond motifs is 1. The van der Waals surface area contributed by atoms with E-state index in [1.54, 1.807) is 44.4 Å². The van der Waals surface area contributed by atoms with Gasteiger partial charge in [-0.15, -0.1) is 0 Å². The summed E-state index contributed by atoms with van der Waals surface area (Å²) >= 11 is 6.31. The summed E-state index contributed by atoms with van der Waals surface area (Å²) in [5.41, 5.74) is 0.820. The van der Waals surface area contributed by atoms with Crippen LogP contribution in [0.5, 0.6) is 11.5 Å². The zero-order valence-electron chi connectivity index (χ0n) is 16.6. The molecule has 1 aromatic heterocycles. The van der Waals surface area contributed by atoms with Crippen molar-refractivity contribution in [2.75, 3.05) is 20.8 Å². The first kappa shape index (κ1) is 21.4. The minimum atomic E-state index is -0.645. The van der Waals surface area contributed by atoms with Crippen molar-refractivity contribution in [1.82, 2.24) is 0 Å². The highest BCUT2D eigenvalue weighted by Gasteiger charge is 2.18. The van der Waals surface area contributed by atoms with Crippen LogP contribution in [-0.2, 0) is 16.0 Å². The standard InChI is InChI=1S/C22H19ClO7/c1-12-15-8-17(23)20(10-19(15)30-22(26)16(12)9-21(25)28-3)29-11-18(24)13-4-6-14(27-2)7-5-13/h4-8,10H,9,11H2,1-3H3. The molecule has 0 saturated heterocycles. The molecule has 156 valence electrons. The molecule has 30 heavy (non-hydrogen) atoms. The predicted molar refractivity (Wildman–Crippen MR) is 111 cm³/mol. The van der Waals surface area contributed by atoms with Crippen molar-refractivity contribution >= 4 is 34.3 Å². The Kier molecular flexibility index (Phi) is 6.42. The zero-order chi connectivity index (χ0) is 21.8. The molecule has 0 unspecified atom stereocenters. The summed E-state index contributed by atoms with van der Waals surface area (Å²) in [7, 11) is 2.79. The van der Waals surface area contributed by atoms with Crippen LogP contribution in [0, 0.1) is 6.92 Å². The first-order chi connectivity index (χ1) is 14.3. The summed E-state index contributed by atoms with van der Waals surface area (Å²) in [6.07, 6.45) is -0.202. The second-order valence-corrected chi connectivity index (χ2v) is 6.87. The van der Waals surface area contributed by atoms with E-state index >= 15 is 0 Å². The number of esters is 1. The van der Waals surface area contributed by atoms with E-state index in [0.29, 0.717) is 22.3 Å². The SMILES string of the molecule is COC(=O)Cc1c(C)c2cc(Cl)c(OCC(=O)c3ccc(OC)cc3)cc2oc1=O. The van der Waals surface area contributed by atoms with Gasteiger partial charge < -0.3 is 18.6 Å². The Bertz CT molecular complexity index is 1160. The van der Waals surface area contributed by atoms with Crippen LogP contribution >= 0.6 is 11.6 Å². The number of methoxy groups -OCH3 is 2. The second-order valence-electron chi connectivity index (χ2n) is 6.47. The van der Waals surface area contributed by atoms with Gasteiger partial charge in [-0.1, -0.05) is 11.6 Å². The lowest BCUT2D eigenvalue weighted by Gasteiger charge is -2.11. The van der Waals surface area contributed by atoms with Gasteiger partial charge in [0.15, 0.2) is 12.4 Å². The molecule has 0 radical (unpaired) electrons. The van der Waals surface area contributed by atoms with Crippen LogP contribution < -0.4 is 15.1 Å². The Morgan fingerprint density at radius 1 is 1.10 bits per heavy atom. The van der Waals surface area contributed by atoms with E-state index in [0.717, 1.165) is 0 Å². The Hall–Kier alpha value is -3.32. The molecule has 0 bridgehead atoms. The Labute approximate surface area is 177 Å². The fourth-order valence-corrected chi connectivity index (χ4v) is 3.14. The van der Waals surface area contributed by atoms with Crippen molar-refractivity contribution < 1.29 is 28.2 Å². The van der Waals surface area contributed by atoms with Crippen molar-refractivity contribution in [2.45, 2.75) is 13.3 Å². The maximum atomic E-state index is 12.4. The number of Topliss-reactive ketones (excluding diaryl/α,β-unsaturated/α-hetero) is 1. The largest absolute Gasteiger partial charge is 0.497 e. The molecule has 0 N–H and O–H groups in total. The Morgan fingerprint density at radius 2 is 1.80 bits per heavy atom. The number of ether oxygens (including phenoxy) is 3. The van der Waals surface area contributed by atoms with Gasteiger partial charge in [-0.25, -0.2) is 4.79 Å². The van der Waals surface area contributed by atoms with Crippen molar-refractivity contribution in [3.63, 3.8) is 0 Å². The lowest BCUT2D eigenvalue weighted by molar-refractivity contribution is -0.139. The van der Waals surface area contributed by atoms with Gasteiger partial charge in [0.2, 0.25) is 0 Å². The molecule has 0 fully saturated rings. The number of benzene rings is 2. The van der Waals surface area contributed by atoms with Crippen LogP contribution in [0.4, 0.5) is 0 Å². The van der Waals surface area contributed by atoms with Gasteiger partial charge in [0.05, 0.1) is 31.2 Å². The third-order valence-electron chi connectivity index (χ3n) is 4.66. The lowest BCUT2D eigenvalue weighted by Crippen LogP contribution is -2.16. The van der Waals surface area contributed by atoms with Crippen molar-refractivity contribution in [3.8, 4) is 11.5 Å². The molecule has 7 nitrogen and oxygen atoms in total. The van der Waals surface area contributed by atoms with E-state index in [9.17, 15) is 14.4 Å². The van der Waals surface area contributed by atoms with E-state index < -0.39 is 11.6 Å². The number of carbonyl (C=O) groups is 2. The number of halogens is 1. The topological polar surface area (TPSA) is 92.0 Å². The van der Waals surface area contributed by atoms with Crippen molar-refractivity contribution in [1.29, 1.82) is 0 Å². The van der Waals surface area contributed by atoms with Gasteiger partial charge in [-0.3, -0.25) is 9.59 Å². The molecule has 0 aliphatic rings. The number of carbonyl (C=O) groups excluding carboxylic acids is 2. The fraction of sp³-hybridized carbons (Fsp3) is 0.227. The lowest BCUT2D eigenvalue weighted by atomic mass is 10.0. The fourth-order valence-electron chi connectivity index (χ4n) is 2.92. The van der Waals surface area contributed by atoms with Crippen LogP contribution in [-0.4, -0.2) is 32.6 Å². The van der Waals surface area contributed by atoms with Crippen LogP contribution in [0.2, 0.25) is 5.02 Å². The summed E-state index contributed by atoms with van der Waals surface area (Å²) in [5, 5.41) is 0.804. The maximum absolute atomic E-state index is 12.4. The normalized spacial score (nSPS) is 10.7. The molecule has 0 saturated carbocycles. The summed E-state index contributed by atoms with van der Waals surface area (Å²) in [5.74, 6) is 0.0454. The molecule has 2 aromatic carbocycles. The molecule has 0 aliphatic carbocycles. The number of hydrogen-bond donors (Lipinski definition) is 0. The minimum Gasteiger partial charge on any atom is -0.497 e. The van der Waals surface area contributed by atoms with E-state index in [-0.39, 0.29) is 40.7 Å². The van der Waals surface area contributed by atoms with Crippen molar-refractivity contribution in [3.05, 3.63) is 68.5 Å². The molecular formula is C22H19ClO7. The molecular weight excluding hydrogens is 412 g/mol. The first-order valence-electron chi connectivity index (χ1n) is 8.96. The summed E-state index contributed by atoms with van der Waals surface area (Å²) in [6, 6.07) is 9.66. The number of aryl methyl sites for hydroxylation is 1. The Morgan fingerprint density at radius 3 is 2.43 bits per heavy atom. The molecule has 8 heteroatoms. The minimum absolute atomic E-state index is 0.202. The summed E-state index contributed by atoms with van der Waals surface area (Å²) in [4.78, 5) is 36.2. The van der Waals surface area contributed by atoms with E-state index in [1.165, 1.54) is 13.2 Å². The van der Waals surface area contributed by atoms with Gasteiger partial charge in [-0.05, 0) is 42.8 Å². The zero-order valence-corrected chi connectivity index (χ0v) is 17.4. The summed E-state index contributed by atoms with van der Waals surface area (Å²) in [6.45, 7) is 1.45. The highest BCUT2D eigenvalue weighted by molar-refractivity contribution is 6.32. The van der Waals surface area contributed by atoms with Crippen LogP contribution in [0.1, 0.15) is 21.5 Å². The van der Waals surface area contributed by atoms with Gasteiger partial charge in [-0.2, -0.15) is 0 Å². The van der Waals surface area contributed by atoms with Gasteiger partial charge in [0.1, 0.15) is 17.1 Å². The summed E-state index contributed by atoms with van der Waals surface area (Å²) < 4.78 is 20.6. The second kappa shape index (κ2) is 9.00. The van der Waals surface area contributed by atoms with Gasteiger partial charge in [0.25, 0.3) is 0 Å². The average molecular weight is 431 g/mol. The maximum Gasteiger partial charge on any atom is 0.340 e.